The highest BCUT2D eigenvalue weighted by Gasteiger charge is 2.40. The summed E-state index contributed by atoms with van der Waals surface area (Å²) in [5.74, 6) is -1.60. The van der Waals surface area contributed by atoms with Crippen molar-refractivity contribution in [2.45, 2.75) is 12.3 Å². The lowest BCUT2D eigenvalue weighted by molar-refractivity contribution is -0.141. The maximum atomic E-state index is 12.6. The summed E-state index contributed by atoms with van der Waals surface area (Å²) in [5, 5.41) is 9.53. The van der Waals surface area contributed by atoms with Crippen LogP contribution in [0.25, 0.3) is 0 Å². The van der Waals surface area contributed by atoms with Crippen LogP contribution in [0, 0.1) is 5.92 Å². The summed E-state index contributed by atoms with van der Waals surface area (Å²) in [6, 6.07) is 17.2. The van der Waals surface area contributed by atoms with Crippen LogP contribution in [0.1, 0.15) is 17.0 Å². The summed E-state index contributed by atoms with van der Waals surface area (Å²) in [6.07, 6.45) is 0.273. The first-order valence-electron chi connectivity index (χ1n) is 7.85. The predicted molar refractivity (Wildman–Crippen MR) is 94.7 cm³/mol. The number of carboxylic acid groups (broad SMARTS) is 1. The summed E-state index contributed by atoms with van der Waals surface area (Å²) >= 11 is 3.45. The Labute approximate surface area is 149 Å². The van der Waals surface area contributed by atoms with Crippen LogP contribution in [-0.4, -0.2) is 35.0 Å². The molecule has 0 spiro atoms. The molecular weight excluding hydrogens is 370 g/mol. The molecule has 1 heterocycles. The molecule has 1 fully saturated rings. The molecule has 5 heteroatoms. The van der Waals surface area contributed by atoms with E-state index in [2.05, 4.69) is 15.9 Å². The third-order valence-electron chi connectivity index (χ3n) is 4.52. The van der Waals surface area contributed by atoms with Crippen LogP contribution in [0.5, 0.6) is 0 Å². The van der Waals surface area contributed by atoms with Crippen molar-refractivity contribution in [1.82, 2.24) is 4.90 Å². The summed E-state index contributed by atoms with van der Waals surface area (Å²) in [7, 11) is 0. The molecule has 0 bridgehead atoms. The fourth-order valence-corrected chi connectivity index (χ4v) is 3.64. The van der Waals surface area contributed by atoms with Gasteiger partial charge in [-0.25, -0.2) is 0 Å². The maximum absolute atomic E-state index is 12.6. The minimum absolute atomic E-state index is 0.0356. The number of carbonyl (C=O) groups is 2. The van der Waals surface area contributed by atoms with E-state index in [9.17, 15) is 14.7 Å². The molecular formula is C19H18BrNO3. The van der Waals surface area contributed by atoms with Crippen molar-refractivity contribution < 1.29 is 14.7 Å². The molecule has 1 aliphatic heterocycles. The molecule has 2 atom stereocenters. The second kappa shape index (κ2) is 7.18. The Kier molecular flexibility index (Phi) is 5.00. The van der Waals surface area contributed by atoms with E-state index in [0.717, 1.165) is 15.6 Å². The normalized spacial score (nSPS) is 20.1. The van der Waals surface area contributed by atoms with E-state index in [1.165, 1.54) is 0 Å². The second-order valence-corrected chi connectivity index (χ2v) is 6.88. The highest BCUT2D eigenvalue weighted by molar-refractivity contribution is 9.10. The van der Waals surface area contributed by atoms with Crippen LogP contribution in [0.2, 0.25) is 0 Å². The highest BCUT2D eigenvalue weighted by atomic mass is 79.9. The van der Waals surface area contributed by atoms with Gasteiger partial charge in [0.2, 0.25) is 5.91 Å². The smallest absolute Gasteiger partial charge is 0.308 e. The summed E-state index contributed by atoms with van der Waals surface area (Å²) < 4.78 is 0.895. The molecule has 2 aromatic carbocycles. The lowest BCUT2D eigenvalue weighted by atomic mass is 9.89. The van der Waals surface area contributed by atoms with Gasteiger partial charge >= 0.3 is 5.97 Å². The minimum Gasteiger partial charge on any atom is -0.481 e. The minimum atomic E-state index is -0.847. The van der Waals surface area contributed by atoms with Crippen molar-refractivity contribution in [1.29, 1.82) is 0 Å². The molecule has 3 rings (SSSR count). The number of carbonyl (C=O) groups excluding carboxylic acids is 1. The number of benzene rings is 2. The number of amides is 1. The average Bonchev–Trinajstić information content (AvgIpc) is 3.03. The number of likely N-dealkylation sites (tertiary alicyclic amines) is 1. The van der Waals surface area contributed by atoms with Gasteiger partial charge in [0.15, 0.2) is 0 Å². The Balaban J connectivity index is 1.77. The molecule has 1 amide bonds. The van der Waals surface area contributed by atoms with Gasteiger partial charge < -0.3 is 10.0 Å². The third kappa shape index (κ3) is 3.51. The maximum Gasteiger partial charge on any atom is 0.308 e. The van der Waals surface area contributed by atoms with E-state index in [1.807, 2.05) is 54.6 Å². The molecule has 0 aromatic heterocycles. The van der Waals surface area contributed by atoms with Crippen LogP contribution in [-0.2, 0) is 16.0 Å². The monoisotopic (exact) mass is 387 g/mol. The van der Waals surface area contributed by atoms with Crippen LogP contribution in [0.15, 0.2) is 59.1 Å². The van der Waals surface area contributed by atoms with E-state index in [4.69, 9.17) is 0 Å². The van der Waals surface area contributed by atoms with Crippen molar-refractivity contribution in [2.24, 2.45) is 5.92 Å². The van der Waals surface area contributed by atoms with Crippen LogP contribution < -0.4 is 0 Å². The number of aliphatic carboxylic acids is 1. The molecule has 24 heavy (non-hydrogen) atoms. The van der Waals surface area contributed by atoms with Crippen LogP contribution in [0.3, 0.4) is 0 Å². The van der Waals surface area contributed by atoms with E-state index < -0.39 is 11.9 Å². The summed E-state index contributed by atoms with van der Waals surface area (Å²) in [6.45, 7) is 0.711. The zero-order chi connectivity index (χ0) is 17.1. The molecule has 0 aliphatic carbocycles. The topological polar surface area (TPSA) is 57.6 Å². The van der Waals surface area contributed by atoms with Crippen molar-refractivity contribution in [3.05, 3.63) is 70.2 Å². The number of hydrogen-bond donors (Lipinski definition) is 1. The van der Waals surface area contributed by atoms with Crippen LogP contribution >= 0.6 is 15.9 Å². The SMILES string of the molecule is O=C(O)C1CN(C(=O)Cc2ccccc2Br)CC1c1ccccc1. The molecule has 1 N–H and O–H groups in total. The molecule has 1 saturated heterocycles. The number of carboxylic acids is 1. The van der Waals surface area contributed by atoms with Crippen molar-refractivity contribution in [3.8, 4) is 0 Å². The average molecular weight is 388 g/mol. The predicted octanol–water partition coefficient (Wildman–Crippen LogP) is 3.32. The molecule has 2 unspecified atom stereocenters. The van der Waals surface area contributed by atoms with Gasteiger partial charge in [0.25, 0.3) is 0 Å². The second-order valence-electron chi connectivity index (χ2n) is 6.03. The molecule has 2 aromatic rings. The first-order chi connectivity index (χ1) is 11.6. The Hall–Kier alpha value is -2.14. The summed E-state index contributed by atoms with van der Waals surface area (Å²) in [4.78, 5) is 25.9. The molecule has 0 saturated carbocycles. The lowest BCUT2D eigenvalue weighted by Crippen LogP contribution is -2.31. The lowest BCUT2D eigenvalue weighted by Gasteiger charge is -2.17. The van der Waals surface area contributed by atoms with Gasteiger partial charge in [0, 0.05) is 23.5 Å². The largest absolute Gasteiger partial charge is 0.481 e. The van der Waals surface area contributed by atoms with Gasteiger partial charge in [-0.15, -0.1) is 0 Å². The van der Waals surface area contributed by atoms with E-state index in [1.54, 1.807) is 4.90 Å². The van der Waals surface area contributed by atoms with E-state index in [-0.39, 0.29) is 24.8 Å². The zero-order valence-corrected chi connectivity index (χ0v) is 14.6. The molecule has 0 radical (unpaired) electrons. The third-order valence-corrected chi connectivity index (χ3v) is 5.29. The Morgan fingerprint density at radius 3 is 2.38 bits per heavy atom. The van der Waals surface area contributed by atoms with Gasteiger partial charge in [-0.1, -0.05) is 64.5 Å². The number of halogens is 1. The first-order valence-corrected chi connectivity index (χ1v) is 8.64. The van der Waals surface area contributed by atoms with Crippen LogP contribution in [0.4, 0.5) is 0 Å². The Morgan fingerprint density at radius 2 is 1.71 bits per heavy atom. The number of rotatable bonds is 4. The van der Waals surface area contributed by atoms with Gasteiger partial charge in [0.05, 0.1) is 12.3 Å². The van der Waals surface area contributed by atoms with Crippen molar-refractivity contribution in [3.63, 3.8) is 0 Å². The molecule has 1 aliphatic rings. The fourth-order valence-electron chi connectivity index (χ4n) is 3.21. The van der Waals surface area contributed by atoms with Gasteiger partial charge in [-0.2, -0.15) is 0 Å². The zero-order valence-electron chi connectivity index (χ0n) is 13.1. The Morgan fingerprint density at radius 1 is 1.04 bits per heavy atom. The molecule has 4 nitrogen and oxygen atoms in total. The van der Waals surface area contributed by atoms with Gasteiger partial charge in [-0.05, 0) is 17.2 Å². The van der Waals surface area contributed by atoms with E-state index >= 15 is 0 Å². The van der Waals surface area contributed by atoms with Crippen molar-refractivity contribution >= 4 is 27.8 Å². The number of nitrogens with zero attached hydrogens (tertiary/aromatic N) is 1. The Bertz CT molecular complexity index is 747. The quantitative estimate of drug-likeness (QED) is 0.875. The highest BCUT2D eigenvalue weighted by Crippen LogP contribution is 2.33. The van der Waals surface area contributed by atoms with Gasteiger partial charge in [-0.3, -0.25) is 9.59 Å². The van der Waals surface area contributed by atoms with E-state index in [0.29, 0.717) is 6.54 Å². The van der Waals surface area contributed by atoms with Crippen molar-refractivity contribution in [2.75, 3.05) is 13.1 Å². The first kappa shape index (κ1) is 16.7. The molecule has 124 valence electrons. The fraction of sp³-hybridized carbons (Fsp3) is 0.263. The van der Waals surface area contributed by atoms with Gasteiger partial charge in [0.1, 0.15) is 0 Å². The standard InChI is InChI=1S/C19H18BrNO3/c20-17-9-5-4-8-14(17)10-18(22)21-11-15(16(12-21)19(23)24)13-6-2-1-3-7-13/h1-9,15-16H,10-12H2,(H,23,24). The summed E-state index contributed by atoms with van der Waals surface area (Å²) in [5.41, 5.74) is 1.89. The number of hydrogen-bond acceptors (Lipinski definition) is 2.